The fourth-order valence-electron chi connectivity index (χ4n) is 4.34. The van der Waals surface area contributed by atoms with Crippen LogP contribution in [0.2, 0.25) is 0 Å². The summed E-state index contributed by atoms with van der Waals surface area (Å²) in [5.74, 6) is 0.877. The molecule has 2 saturated carbocycles. The van der Waals surface area contributed by atoms with Crippen molar-refractivity contribution in [2.24, 2.45) is 23.2 Å². The van der Waals surface area contributed by atoms with Crippen molar-refractivity contribution in [1.82, 2.24) is 0 Å². The summed E-state index contributed by atoms with van der Waals surface area (Å²) in [5, 5.41) is 31.5. The molecule has 3 nitrogen and oxygen atoms in total. The van der Waals surface area contributed by atoms with Gasteiger partial charge in [0.15, 0.2) is 0 Å². The molecule has 106 valence electrons. The maximum Gasteiger partial charge on any atom is 0.0881 e. The van der Waals surface area contributed by atoms with Crippen LogP contribution in [0.3, 0.4) is 0 Å². The Balaban J connectivity index is 2.40. The summed E-state index contributed by atoms with van der Waals surface area (Å²) in [4.78, 5) is 0. The lowest BCUT2D eigenvalue weighted by Gasteiger charge is -2.42. The minimum absolute atomic E-state index is 0.00463. The van der Waals surface area contributed by atoms with E-state index in [-0.39, 0.29) is 11.3 Å². The maximum absolute atomic E-state index is 10.6. The van der Waals surface area contributed by atoms with Gasteiger partial charge in [-0.1, -0.05) is 20.8 Å². The Kier molecular flexibility index (Phi) is 3.54. The largest absolute Gasteiger partial charge is 0.393 e. The summed E-state index contributed by atoms with van der Waals surface area (Å²) < 4.78 is 0. The van der Waals surface area contributed by atoms with Crippen LogP contribution in [-0.4, -0.2) is 33.1 Å². The summed E-state index contributed by atoms with van der Waals surface area (Å²) in [5.41, 5.74) is -1.31. The average molecular weight is 256 g/mol. The third kappa shape index (κ3) is 2.00. The Morgan fingerprint density at radius 1 is 1.06 bits per heavy atom. The van der Waals surface area contributed by atoms with Crippen molar-refractivity contribution in [3.05, 3.63) is 0 Å². The third-order valence-electron chi connectivity index (χ3n) is 5.76. The van der Waals surface area contributed by atoms with Crippen molar-refractivity contribution in [2.45, 2.75) is 71.2 Å². The van der Waals surface area contributed by atoms with Crippen LogP contribution >= 0.6 is 0 Å². The topological polar surface area (TPSA) is 60.7 Å². The molecule has 3 N–H and O–H groups in total. The predicted molar refractivity (Wildman–Crippen MR) is 71.0 cm³/mol. The lowest BCUT2D eigenvalue weighted by atomic mass is 9.67. The van der Waals surface area contributed by atoms with E-state index in [1.54, 1.807) is 6.92 Å². The first-order valence-electron chi connectivity index (χ1n) is 7.28. The van der Waals surface area contributed by atoms with E-state index < -0.39 is 17.8 Å². The Morgan fingerprint density at radius 3 is 2.22 bits per heavy atom. The summed E-state index contributed by atoms with van der Waals surface area (Å²) in [6.45, 7) is 8.16. The SMILES string of the molecule is CC(C)[C@@H]1CC[C@]2(C)[C@@H]1[C@@H](O)[C@@](C)(O)CC[C@H]2O. The number of aliphatic hydroxyl groups excluding tert-OH is 2. The molecular formula is C15H28O3. The molecule has 6 atom stereocenters. The van der Waals surface area contributed by atoms with E-state index in [0.29, 0.717) is 24.7 Å². The van der Waals surface area contributed by atoms with E-state index >= 15 is 0 Å². The van der Waals surface area contributed by atoms with E-state index in [9.17, 15) is 15.3 Å². The fraction of sp³-hybridized carbons (Fsp3) is 1.00. The molecule has 0 amide bonds. The first-order valence-corrected chi connectivity index (χ1v) is 7.28. The molecule has 18 heavy (non-hydrogen) atoms. The molecule has 0 spiro atoms. The van der Waals surface area contributed by atoms with Gasteiger partial charge in [0.2, 0.25) is 0 Å². The molecule has 0 radical (unpaired) electrons. The van der Waals surface area contributed by atoms with Gasteiger partial charge >= 0.3 is 0 Å². The molecule has 0 bridgehead atoms. The summed E-state index contributed by atoms with van der Waals surface area (Å²) in [6.07, 6.45) is 1.93. The molecule has 0 aromatic heterocycles. The molecule has 2 fully saturated rings. The second kappa shape index (κ2) is 4.46. The number of rotatable bonds is 1. The van der Waals surface area contributed by atoms with Crippen molar-refractivity contribution in [3.63, 3.8) is 0 Å². The highest BCUT2D eigenvalue weighted by Crippen LogP contribution is 2.57. The van der Waals surface area contributed by atoms with Gasteiger partial charge in [0.25, 0.3) is 0 Å². The highest BCUT2D eigenvalue weighted by Gasteiger charge is 2.58. The second-order valence-electron chi connectivity index (χ2n) is 7.33. The molecule has 2 aliphatic rings. The number of fused-ring (bicyclic) bond motifs is 1. The van der Waals surface area contributed by atoms with Gasteiger partial charge in [-0.15, -0.1) is 0 Å². The zero-order chi connectivity index (χ0) is 13.7. The Morgan fingerprint density at radius 2 is 1.67 bits per heavy atom. The predicted octanol–water partition coefficient (Wildman–Crippen LogP) is 1.94. The number of aliphatic hydroxyl groups is 3. The van der Waals surface area contributed by atoms with Gasteiger partial charge in [-0.05, 0) is 55.8 Å². The standard InChI is InChI=1S/C15H28O3/c1-9(2)10-5-7-14(3)11(16)6-8-15(4,18)13(17)12(10)14/h9-13,16-18H,5-8H2,1-4H3/t10-,11+,12-,13+,14-,15-/m0/s1. The van der Waals surface area contributed by atoms with Crippen LogP contribution in [-0.2, 0) is 0 Å². The minimum Gasteiger partial charge on any atom is -0.393 e. The zero-order valence-corrected chi connectivity index (χ0v) is 12.1. The quantitative estimate of drug-likeness (QED) is 0.672. The fourth-order valence-corrected chi connectivity index (χ4v) is 4.34. The van der Waals surface area contributed by atoms with Crippen molar-refractivity contribution < 1.29 is 15.3 Å². The molecule has 0 aliphatic heterocycles. The minimum atomic E-state index is -1.07. The van der Waals surface area contributed by atoms with Gasteiger partial charge in [-0.25, -0.2) is 0 Å². The molecule has 2 aliphatic carbocycles. The molecule has 0 saturated heterocycles. The molecule has 3 heteroatoms. The Hall–Kier alpha value is -0.120. The lowest BCUT2D eigenvalue weighted by Crippen LogP contribution is -2.49. The molecule has 0 unspecified atom stereocenters. The third-order valence-corrected chi connectivity index (χ3v) is 5.76. The van der Waals surface area contributed by atoms with Crippen molar-refractivity contribution in [1.29, 1.82) is 0 Å². The molecule has 2 rings (SSSR count). The van der Waals surface area contributed by atoms with Crippen molar-refractivity contribution in [3.8, 4) is 0 Å². The molecule has 0 aromatic rings. The van der Waals surface area contributed by atoms with Gasteiger partial charge in [0.05, 0.1) is 17.8 Å². The lowest BCUT2D eigenvalue weighted by molar-refractivity contribution is -0.119. The maximum atomic E-state index is 10.6. The zero-order valence-electron chi connectivity index (χ0n) is 12.1. The van der Waals surface area contributed by atoms with Crippen LogP contribution in [0.4, 0.5) is 0 Å². The van der Waals surface area contributed by atoms with E-state index in [1.165, 1.54) is 0 Å². The Bertz CT molecular complexity index is 313. The van der Waals surface area contributed by atoms with E-state index in [2.05, 4.69) is 20.8 Å². The van der Waals surface area contributed by atoms with Crippen molar-refractivity contribution >= 4 is 0 Å². The molecule has 0 aromatic carbocycles. The van der Waals surface area contributed by atoms with Gasteiger partial charge in [0.1, 0.15) is 0 Å². The van der Waals surface area contributed by atoms with Crippen LogP contribution < -0.4 is 0 Å². The highest BCUT2D eigenvalue weighted by molar-refractivity contribution is 5.07. The summed E-state index contributed by atoms with van der Waals surface area (Å²) in [7, 11) is 0. The first kappa shape index (κ1) is 14.3. The van der Waals surface area contributed by atoms with Gasteiger partial charge in [-0.2, -0.15) is 0 Å². The summed E-state index contributed by atoms with van der Waals surface area (Å²) >= 11 is 0. The first-order chi connectivity index (χ1) is 8.20. The molecule has 0 heterocycles. The van der Waals surface area contributed by atoms with Crippen LogP contribution in [0.25, 0.3) is 0 Å². The van der Waals surface area contributed by atoms with Crippen LogP contribution in [0, 0.1) is 23.2 Å². The van der Waals surface area contributed by atoms with E-state index in [1.807, 2.05) is 0 Å². The summed E-state index contributed by atoms with van der Waals surface area (Å²) in [6, 6.07) is 0. The van der Waals surface area contributed by atoms with Crippen molar-refractivity contribution in [2.75, 3.05) is 0 Å². The van der Waals surface area contributed by atoms with E-state index in [0.717, 1.165) is 12.8 Å². The van der Waals surface area contributed by atoms with Crippen LogP contribution in [0.5, 0.6) is 0 Å². The second-order valence-corrected chi connectivity index (χ2v) is 7.33. The smallest absolute Gasteiger partial charge is 0.0881 e. The van der Waals surface area contributed by atoms with Crippen LogP contribution in [0.15, 0.2) is 0 Å². The monoisotopic (exact) mass is 256 g/mol. The van der Waals surface area contributed by atoms with Gasteiger partial charge < -0.3 is 15.3 Å². The number of hydrogen-bond acceptors (Lipinski definition) is 3. The number of hydrogen-bond donors (Lipinski definition) is 3. The van der Waals surface area contributed by atoms with Crippen LogP contribution in [0.1, 0.15) is 53.4 Å². The Labute approximate surface area is 110 Å². The van der Waals surface area contributed by atoms with Gasteiger partial charge in [0, 0.05) is 0 Å². The van der Waals surface area contributed by atoms with E-state index in [4.69, 9.17) is 0 Å². The molecular weight excluding hydrogens is 228 g/mol. The normalized spacial score (nSPS) is 53.3. The highest BCUT2D eigenvalue weighted by atomic mass is 16.3. The average Bonchev–Trinajstić information content (AvgIpc) is 2.61. The van der Waals surface area contributed by atoms with Gasteiger partial charge in [-0.3, -0.25) is 0 Å².